The average Bonchev–Trinajstić information content (AvgIpc) is 3.04. The molecule has 8 nitrogen and oxygen atoms in total. The van der Waals surface area contributed by atoms with Gasteiger partial charge in [-0.2, -0.15) is 0 Å². The Bertz CT molecular complexity index is 1490. The van der Waals surface area contributed by atoms with Crippen LogP contribution in [0, 0.1) is 20.8 Å². The number of aryl methyl sites for hydroxylation is 3. The summed E-state index contributed by atoms with van der Waals surface area (Å²) in [6.45, 7) is 5.83. The molecule has 0 unspecified atom stereocenters. The van der Waals surface area contributed by atoms with Crippen molar-refractivity contribution in [2.75, 3.05) is 11.4 Å². The minimum atomic E-state index is -1.51. The van der Waals surface area contributed by atoms with E-state index in [0.717, 1.165) is 11.1 Å². The molecule has 1 aromatic heterocycles. The molecule has 1 aliphatic rings. The number of para-hydroxylation sites is 1. The van der Waals surface area contributed by atoms with Gasteiger partial charge in [-0.1, -0.05) is 78.4 Å². The quantitative estimate of drug-likeness (QED) is 0.373. The number of fused-ring (bicyclic) bond motifs is 1. The van der Waals surface area contributed by atoms with Gasteiger partial charge in [0.1, 0.15) is 5.54 Å². The first-order chi connectivity index (χ1) is 18.8. The second-order valence-corrected chi connectivity index (χ2v) is 9.78. The van der Waals surface area contributed by atoms with E-state index in [1.54, 1.807) is 24.8 Å². The van der Waals surface area contributed by atoms with E-state index < -0.39 is 17.6 Å². The summed E-state index contributed by atoms with van der Waals surface area (Å²) in [5.74, 6) is -1.41. The van der Waals surface area contributed by atoms with Crippen molar-refractivity contribution >= 4 is 17.6 Å². The van der Waals surface area contributed by atoms with Crippen molar-refractivity contribution in [2.45, 2.75) is 39.0 Å². The number of ether oxygens (including phenoxy) is 1. The molecular formula is C31H30N4O4. The Balaban J connectivity index is 1.71. The Morgan fingerprint density at radius 2 is 1.62 bits per heavy atom. The molecule has 8 heteroatoms. The SMILES string of the molecule is Cc1ccc(CN2C(=O)CN[C@](c3ccccc3)([C@H](Oc3nc(C)cc(C)n3)C(=O)O)c3ccccc32)cc1. The molecule has 3 aromatic carbocycles. The fourth-order valence-electron chi connectivity index (χ4n) is 5.15. The van der Waals surface area contributed by atoms with Gasteiger partial charge in [0.15, 0.2) is 0 Å². The maximum atomic E-state index is 13.7. The molecule has 2 atom stereocenters. The predicted octanol–water partition coefficient (Wildman–Crippen LogP) is 4.31. The Morgan fingerprint density at radius 3 is 2.28 bits per heavy atom. The van der Waals surface area contributed by atoms with Crippen LogP contribution in [0.2, 0.25) is 0 Å². The normalized spacial score (nSPS) is 17.7. The number of benzene rings is 3. The van der Waals surface area contributed by atoms with Gasteiger partial charge in [0.2, 0.25) is 12.0 Å². The zero-order valence-electron chi connectivity index (χ0n) is 22.1. The molecule has 198 valence electrons. The Morgan fingerprint density at radius 1 is 0.974 bits per heavy atom. The number of carbonyl (C=O) groups is 2. The number of aliphatic carboxylic acids is 1. The summed E-state index contributed by atoms with van der Waals surface area (Å²) in [6, 6.07) is 26.3. The number of hydrogen-bond donors (Lipinski definition) is 2. The van der Waals surface area contributed by atoms with Gasteiger partial charge in [0.25, 0.3) is 0 Å². The lowest BCUT2D eigenvalue weighted by Gasteiger charge is -2.39. The summed E-state index contributed by atoms with van der Waals surface area (Å²) in [5, 5.41) is 14.0. The van der Waals surface area contributed by atoms with Gasteiger partial charge in [-0.25, -0.2) is 14.8 Å². The highest BCUT2D eigenvalue weighted by atomic mass is 16.5. The lowest BCUT2D eigenvalue weighted by molar-refractivity contribution is -0.149. The first kappa shape index (κ1) is 26.1. The lowest BCUT2D eigenvalue weighted by atomic mass is 9.77. The highest BCUT2D eigenvalue weighted by Crippen LogP contribution is 2.42. The van der Waals surface area contributed by atoms with E-state index in [0.29, 0.717) is 34.7 Å². The van der Waals surface area contributed by atoms with Crippen molar-refractivity contribution in [3.63, 3.8) is 0 Å². The summed E-state index contributed by atoms with van der Waals surface area (Å²) in [5.41, 5.74) is 3.81. The monoisotopic (exact) mass is 522 g/mol. The lowest BCUT2D eigenvalue weighted by Crippen LogP contribution is -2.58. The standard InChI is InChI=1S/C31H30N4O4/c1-20-13-15-23(16-14-20)19-35-26-12-8-7-11-25(26)31(32-18-27(35)36,24-9-5-4-6-10-24)28(29(37)38)39-30-33-21(2)17-22(3)34-30/h4-17,28,32H,18-19H2,1-3H3,(H,37,38)/t28-,31+/m1/s1. The number of carboxylic acids is 1. The molecular weight excluding hydrogens is 492 g/mol. The minimum absolute atomic E-state index is 0.0402. The van der Waals surface area contributed by atoms with E-state index in [4.69, 9.17) is 4.74 Å². The maximum Gasteiger partial charge on any atom is 0.347 e. The first-order valence-corrected chi connectivity index (χ1v) is 12.8. The molecule has 39 heavy (non-hydrogen) atoms. The number of anilines is 1. The number of aromatic nitrogens is 2. The second kappa shape index (κ2) is 10.7. The molecule has 2 N–H and O–H groups in total. The number of nitrogens with one attached hydrogen (secondary N) is 1. The number of nitrogens with zero attached hydrogens (tertiary/aromatic N) is 3. The van der Waals surface area contributed by atoms with Crippen LogP contribution in [0.1, 0.15) is 33.6 Å². The maximum absolute atomic E-state index is 13.7. The Labute approximate surface area is 227 Å². The van der Waals surface area contributed by atoms with Crippen molar-refractivity contribution < 1.29 is 19.4 Å². The van der Waals surface area contributed by atoms with Crippen LogP contribution >= 0.6 is 0 Å². The summed E-state index contributed by atoms with van der Waals surface area (Å²) in [4.78, 5) is 37.1. The molecule has 0 fully saturated rings. The van der Waals surface area contributed by atoms with Crippen LogP contribution in [0.4, 0.5) is 5.69 Å². The fraction of sp³-hybridized carbons (Fsp3) is 0.226. The van der Waals surface area contributed by atoms with Crippen molar-refractivity contribution in [3.05, 3.63) is 119 Å². The van der Waals surface area contributed by atoms with Crippen LogP contribution in [0.15, 0.2) is 84.9 Å². The number of rotatable bonds is 7. The van der Waals surface area contributed by atoms with Gasteiger partial charge >= 0.3 is 12.0 Å². The van der Waals surface area contributed by atoms with Crippen LogP contribution in [-0.2, 0) is 21.7 Å². The molecule has 1 amide bonds. The Kier molecular flexibility index (Phi) is 7.13. The minimum Gasteiger partial charge on any atom is -0.478 e. The molecule has 2 heterocycles. The highest BCUT2D eigenvalue weighted by Gasteiger charge is 2.52. The van der Waals surface area contributed by atoms with E-state index in [2.05, 4.69) is 15.3 Å². The molecule has 5 rings (SSSR count). The molecule has 0 spiro atoms. The van der Waals surface area contributed by atoms with E-state index in [9.17, 15) is 14.7 Å². The summed E-state index contributed by atoms with van der Waals surface area (Å²) < 4.78 is 6.14. The van der Waals surface area contributed by atoms with Gasteiger partial charge in [-0.05, 0) is 44.0 Å². The van der Waals surface area contributed by atoms with Crippen LogP contribution in [0.3, 0.4) is 0 Å². The van der Waals surface area contributed by atoms with Crippen molar-refractivity contribution in [3.8, 4) is 6.01 Å². The number of hydrogen-bond acceptors (Lipinski definition) is 6. The van der Waals surface area contributed by atoms with E-state index in [1.807, 2.05) is 85.8 Å². The molecule has 1 aliphatic heterocycles. The molecule has 4 aromatic rings. The van der Waals surface area contributed by atoms with Gasteiger partial charge in [0.05, 0.1) is 13.1 Å². The molecule has 0 saturated carbocycles. The van der Waals surface area contributed by atoms with Crippen LogP contribution in [-0.4, -0.2) is 39.6 Å². The van der Waals surface area contributed by atoms with Gasteiger partial charge in [-0.15, -0.1) is 0 Å². The van der Waals surface area contributed by atoms with Crippen LogP contribution in [0.25, 0.3) is 0 Å². The fourth-order valence-corrected chi connectivity index (χ4v) is 5.15. The topological polar surface area (TPSA) is 105 Å². The largest absolute Gasteiger partial charge is 0.478 e. The van der Waals surface area contributed by atoms with Gasteiger partial charge in [0, 0.05) is 22.6 Å². The highest BCUT2D eigenvalue weighted by molar-refractivity contribution is 5.97. The van der Waals surface area contributed by atoms with E-state index >= 15 is 0 Å². The second-order valence-electron chi connectivity index (χ2n) is 9.78. The molecule has 0 saturated heterocycles. The molecule has 0 bridgehead atoms. The molecule has 0 radical (unpaired) electrons. The average molecular weight is 523 g/mol. The third-order valence-corrected chi connectivity index (χ3v) is 6.93. The molecule has 0 aliphatic carbocycles. The van der Waals surface area contributed by atoms with Gasteiger partial charge in [-0.3, -0.25) is 10.1 Å². The van der Waals surface area contributed by atoms with Crippen LogP contribution in [0.5, 0.6) is 6.01 Å². The van der Waals surface area contributed by atoms with E-state index in [-0.39, 0.29) is 18.5 Å². The third kappa shape index (κ3) is 5.11. The van der Waals surface area contributed by atoms with E-state index in [1.165, 1.54) is 0 Å². The number of carboxylic acid groups (broad SMARTS) is 1. The zero-order chi connectivity index (χ0) is 27.6. The number of carbonyl (C=O) groups excluding carboxylic acids is 1. The predicted molar refractivity (Wildman–Crippen MR) is 148 cm³/mol. The smallest absolute Gasteiger partial charge is 0.347 e. The van der Waals surface area contributed by atoms with Crippen molar-refractivity contribution in [1.29, 1.82) is 0 Å². The first-order valence-electron chi connectivity index (χ1n) is 12.8. The van der Waals surface area contributed by atoms with Crippen molar-refractivity contribution in [1.82, 2.24) is 15.3 Å². The summed E-state index contributed by atoms with van der Waals surface area (Å²) >= 11 is 0. The summed E-state index contributed by atoms with van der Waals surface area (Å²) in [7, 11) is 0. The van der Waals surface area contributed by atoms with Gasteiger partial charge < -0.3 is 14.7 Å². The zero-order valence-corrected chi connectivity index (χ0v) is 22.1. The summed E-state index contributed by atoms with van der Waals surface area (Å²) in [6.07, 6.45) is -1.51. The Hall–Kier alpha value is -4.56. The van der Waals surface area contributed by atoms with Crippen LogP contribution < -0.4 is 15.0 Å². The van der Waals surface area contributed by atoms with Crippen molar-refractivity contribution in [2.24, 2.45) is 0 Å². The third-order valence-electron chi connectivity index (χ3n) is 6.93. The number of amides is 1.